The van der Waals surface area contributed by atoms with Gasteiger partial charge in [0.2, 0.25) is 0 Å². The number of ether oxygens (including phenoxy) is 1. The molecule has 0 N–H and O–H groups in total. The molecule has 10 heteroatoms. The molecule has 0 bridgehead atoms. The van der Waals surface area contributed by atoms with Crippen LogP contribution in [0.15, 0.2) is 60.7 Å². The SMILES string of the molecule is C[C@@H](C(=O)Cc1ccc2c(n1)CN(c1ccc(Cl)cc1)C(=O)N2c1ccc(Cl)cc1)N(C)C(=O)OC(C)(C)C. The summed E-state index contributed by atoms with van der Waals surface area (Å²) in [6.45, 7) is 7.18. The number of pyridine rings is 1. The van der Waals surface area contributed by atoms with Crippen LogP contribution in [0.4, 0.5) is 26.7 Å². The zero-order chi connectivity index (χ0) is 28.5. The Hall–Kier alpha value is -3.62. The fourth-order valence-electron chi connectivity index (χ4n) is 4.10. The molecule has 39 heavy (non-hydrogen) atoms. The normalized spacial score (nSPS) is 14.1. The first-order valence-electron chi connectivity index (χ1n) is 12.4. The lowest BCUT2D eigenvalue weighted by Crippen LogP contribution is -2.45. The van der Waals surface area contributed by atoms with Gasteiger partial charge in [-0.15, -0.1) is 0 Å². The van der Waals surface area contributed by atoms with E-state index < -0.39 is 17.7 Å². The Bertz CT molecular complexity index is 1390. The number of hydrogen-bond donors (Lipinski definition) is 0. The molecule has 0 unspecified atom stereocenters. The van der Waals surface area contributed by atoms with Gasteiger partial charge in [-0.05, 0) is 88.4 Å². The van der Waals surface area contributed by atoms with Gasteiger partial charge in [-0.2, -0.15) is 0 Å². The second-order valence-corrected chi connectivity index (χ2v) is 11.2. The summed E-state index contributed by atoms with van der Waals surface area (Å²) in [6.07, 6.45) is -0.560. The van der Waals surface area contributed by atoms with Crippen molar-refractivity contribution >= 4 is 58.2 Å². The van der Waals surface area contributed by atoms with Crippen LogP contribution in [0.25, 0.3) is 0 Å². The highest BCUT2D eigenvalue weighted by Gasteiger charge is 2.34. The van der Waals surface area contributed by atoms with Crippen LogP contribution in [0.5, 0.6) is 0 Å². The van der Waals surface area contributed by atoms with Crippen LogP contribution in [0.3, 0.4) is 0 Å². The molecule has 1 aliphatic heterocycles. The molecule has 1 aromatic heterocycles. The van der Waals surface area contributed by atoms with E-state index in [9.17, 15) is 14.4 Å². The number of amides is 3. The van der Waals surface area contributed by atoms with Crippen molar-refractivity contribution < 1.29 is 19.1 Å². The molecule has 204 valence electrons. The van der Waals surface area contributed by atoms with Crippen molar-refractivity contribution in [1.82, 2.24) is 9.88 Å². The minimum Gasteiger partial charge on any atom is -0.444 e. The Morgan fingerprint density at radius 2 is 1.54 bits per heavy atom. The van der Waals surface area contributed by atoms with Crippen LogP contribution in [-0.2, 0) is 22.5 Å². The maximum atomic E-state index is 13.7. The van der Waals surface area contributed by atoms with Gasteiger partial charge in [0.05, 0.1) is 36.1 Å². The van der Waals surface area contributed by atoms with Gasteiger partial charge in [0, 0.05) is 28.5 Å². The molecular formula is C29H30Cl2N4O4. The van der Waals surface area contributed by atoms with Crippen LogP contribution >= 0.6 is 23.2 Å². The standard InChI is InChI=1S/C29H30Cl2N4O4/c1-18(33(5)28(38)39-29(2,3)4)26(36)16-21-10-15-25-24(32-21)17-34(22-11-6-19(30)7-12-22)27(37)35(25)23-13-8-20(31)9-14-23/h6-15,18H,16-17H2,1-5H3/t18-/m0/s1. The Balaban J connectivity index is 1.63. The zero-order valence-electron chi connectivity index (χ0n) is 22.4. The number of nitrogens with zero attached hydrogens (tertiary/aromatic N) is 4. The van der Waals surface area contributed by atoms with E-state index in [-0.39, 0.29) is 24.8 Å². The third kappa shape index (κ3) is 6.52. The number of carbonyl (C=O) groups excluding carboxylic acids is 3. The Morgan fingerprint density at radius 1 is 0.974 bits per heavy atom. The van der Waals surface area contributed by atoms with Crippen molar-refractivity contribution in [2.75, 3.05) is 16.8 Å². The lowest BCUT2D eigenvalue weighted by Gasteiger charge is -2.36. The van der Waals surface area contributed by atoms with E-state index in [1.54, 1.807) is 98.2 Å². The quantitative estimate of drug-likeness (QED) is 0.318. The number of carbonyl (C=O) groups is 3. The van der Waals surface area contributed by atoms with Gasteiger partial charge in [0.25, 0.3) is 0 Å². The molecule has 0 fully saturated rings. The van der Waals surface area contributed by atoms with Gasteiger partial charge >= 0.3 is 12.1 Å². The molecule has 0 saturated heterocycles. The maximum absolute atomic E-state index is 13.7. The molecule has 4 rings (SSSR count). The first kappa shape index (κ1) is 28.4. The van der Waals surface area contributed by atoms with Crippen LogP contribution in [-0.4, -0.2) is 46.5 Å². The summed E-state index contributed by atoms with van der Waals surface area (Å²) in [4.78, 5) is 48.5. The number of aromatic nitrogens is 1. The number of anilines is 3. The average Bonchev–Trinajstić information content (AvgIpc) is 2.88. The third-order valence-corrected chi connectivity index (χ3v) is 6.79. The van der Waals surface area contributed by atoms with Gasteiger partial charge in [0.1, 0.15) is 5.60 Å². The largest absolute Gasteiger partial charge is 0.444 e. The number of ketones is 1. The van der Waals surface area contributed by atoms with Crippen LogP contribution < -0.4 is 9.80 Å². The van der Waals surface area contributed by atoms with Crippen molar-refractivity contribution in [3.8, 4) is 0 Å². The topological polar surface area (TPSA) is 83.1 Å². The summed E-state index contributed by atoms with van der Waals surface area (Å²) in [6, 6.07) is 16.5. The number of likely N-dealkylation sites (N-methyl/N-ethyl adjacent to an activating group) is 1. The summed E-state index contributed by atoms with van der Waals surface area (Å²) < 4.78 is 5.39. The van der Waals surface area contributed by atoms with Gasteiger partial charge in [-0.25, -0.2) is 9.59 Å². The van der Waals surface area contributed by atoms with E-state index in [0.29, 0.717) is 38.5 Å². The number of urea groups is 1. The molecule has 0 spiro atoms. The molecular weight excluding hydrogens is 539 g/mol. The highest BCUT2D eigenvalue weighted by Crippen LogP contribution is 2.37. The van der Waals surface area contributed by atoms with Gasteiger partial charge in [-0.1, -0.05) is 23.2 Å². The second kappa shape index (κ2) is 11.2. The summed E-state index contributed by atoms with van der Waals surface area (Å²) in [5, 5.41) is 1.11. The molecule has 0 saturated carbocycles. The fourth-order valence-corrected chi connectivity index (χ4v) is 4.35. The number of benzene rings is 2. The summed E-state index contributed by atoms with van der Waals surface area (Å²) in [5.74, 6) is -0.188. The number of hydrogen-bond acceptors (Lipinski definition) is 5. The fraction of sp³-hybridized carbons (Fsp3) is 0.310. The van der Waals surface area contributed by atoms with Crippen molar-refractivity contribution in [2.45, 2.75) is 52.3 Å². The van der Waals surface area contributed by atoms with Gasteiger partial charge < -0.3 is 9.64 Å². The number of Topliss-reactive ketones (excluding diaryl/α,β-unsaturated/α-hetero) is 1. The van der Waals surface area contributed by atoms with E-state index in [2.05, 4.69) is 0 Å². The lowest BCUT2D eigenvalue weighted by atomic mass is 10.1. The molecule has 2 aromatic carbocycles. The van der Waals surface area contributed by atoms with Crippen LogP contribution in [0.2, 0.25) is 10.0 Å². The second-order valence-electron chi connectivity index (χ2n) is 10.3. The Kier molecular flexibility index (Phi) is 8.18. The van der Waals surface area contributed by atoms with E-state index in [1.165, 1.54) is 11.9 Å². The molecule has 0 radical (unpaired) electrons. The van der Waals surface area contributed by atoms with E-state index in [4.69, 9.17) is 32.9 Å². The number of rotatable bonds is 6. The third-order valence-electron chi connectivity index (χ3n) is 6.29. The zero-order valence-corrected chi connectivity index (χ0v) is 24.0. The monoisotopic (exact) mass is 568 g/mol. The Morgan fingerprint density at radius 3 is 2.10 bits per heavy atom. The van der Waals surface area contributed by atoms with Crippen molar-refractivity contribution in [1.29, 1.82) is 0 Å². The van der Waals surface area contributed by atoms with Crippen LogP contribution in [0, 0.1) is 0 Å². The number of fused-ring (bicyclic) bond motifs is 1. The molecule has 8 nitrogen and oxygen atoms in total. The van der Waals surface area contributed by atoms with Crippen molar-refractivity contribution in [3.05, 3.63) is 82.1 Å². The van der Waals surface area contributed by atoms with Gasteiger partial charge in [0.15, 0.2) is 5.78 Å². The van der Waals surface area contributed by atoms with Crippen molar-refractivity contribution in [3.63, 3.8) is 0 Å². The summed E-state index contributed by atoms with van der Waals surface area (Å²) in [7, 11) is 1.54. The predicted octanol–water partition coefficient (Wildman–Crippen LogP) is 7.03. The number of halogens is 2. The molecule has 2 heterocycles. The first-order chi connectivity index (χ1) is 18.3. The average molecular weight is 569 g/mol. The van der Waals surface area contributed by atoms with Crippen molar-refractivity contribution in [2.24, 2.45) is 0 Å². The summed E-state index contributed by atoms with van der Waals surface area (Å²) in [5.41, 5.74) is 2.38. The molecule has 1 atom stereocenters. The molecule has 1 aliphatic rings. The Labute approximate surface area is 238 Å². The van der Waals surface area contributed by atoms with E-state index in [1.807, 2.05) is 0 Å². The van der Waals surface area contributed by atoms with E-state index >= 15 is 0 Å². The first-order valence-corrected chi connectivity index (χ1v) is 13.2. The van der Waals surface area contributed by atoms with Gasteiger partial charge in [-0.3, -0.25) is 19.6 Å². The molecule has 3 amide bonds. The predicted molar refractivity (Wildman–Crippen MR) is 153 cm³/mol. The molecule has 3 aromatic rings. The minimum atomic E-state index is -0.713. The lowest BCUT2D eigenvalue weighted by molar-refractivity contribution is -0.122. The smallest absolute Gasteiger partial charge is 0.410 e. The maximum Gasteiger partial charge on any atom is 0.410 e. The highest BCUT2D eigenvalue weighted by molar-refractivity contribution is 6.31. The summed E-state index contributed by atoms with van der Waals surface area (Å²) >= 11 is 12.2. The highest BCUT2D eigenvalue weighted by atomic mass is 35.5. The molecule has 0 aliphatic carbocycles. The van der Waals surface area contributed by atoms with Crippen LogP contribution in [0.1, 0.15) is 39.1 Å². The van der Waals surface area contributed by atoms with E-state index in [0.717, 1.165) is 0 Å². The minimum absolute atomic E-state index is 0.0113.